The van der Waals surface area contributed by atoms with Gasteiger partial charge in [-0.05, 0) is 6.92 Å². The summed E-state index contributed by atoms with van der Waals surface area (Å²) in [5.41, 5.74) is 0. The van der Waals surface area contributed by atoms with Gasteiger partial charge in [0.25, 0.3) is 7.57 Å². The van der Waals surface area contributed by atoms with Crippen LogP contribution in [0.3, 0.4) is 0 Å². The van der Waals surface area contributed by atoms with Crippen LogP contribution in [0.2, 0.25) is 0 Å². The van der Waals surface area contributed by atoms with Crippen molar-refractivity contribution in [1.29, 1.82) is 0 Å². The van der Waals surface area contributed by atoms with E-state index >= 15 is 0 Å². The third kappa shape index (κ3) is 10.1. The Hall–Kier alpha value is -0.770. The van der Waals surface area contributed by atoms with Gasteiger partial charge in [0, 0.05) is 0 Å². The van der Waals surface area contributed by atoms with Crippen molar-refractivity contribution in [3.05, 3.63) is 0 Å². The Morgan fingerprint density at radius 1 is 1.10 bits per heavy atom. The first kappa shape index (κ1) is 19.2. The van der Waals surface area contributed by atoms with Crippen LogP contribution >= 0.6 is 7.57 Å². The maximum atomic E-state index is 11.9. The molecule has 0 radical (unpaired) electrons. The average molecular weight is 332 g/mol. The van der Waals surface area contributed by atoms with Gasteiger partial charge in [0.2, 0.25) is 0 Å². The Morgan fingerprint density at radius 3 is 1.80 bits per heavy atom. The number of hydrogen-bond donors (Lipinski definition) is 1. The zero-order chi connectivity index (χ0) is 16.0. The lowest BCUT2D eigenvalue weighted by Gasteiger charge is -2.21. The molecule has 20 heavy (non-hydrogen) atoms. The smallest absolute Gasteiger partial charge is 0.412 e. The van der Waals surface area contributed by atoms with E-state index in [0.717, 1.165) is 0 Å². The van der Waals surface area contributed by atoms with Crippen molar-refractivity contribution in [3.63, 3.8) is 0 Å². The second-order valence-electron chi connectivity index (χ2n) is 3.22. The minimum Gasteiger partial charge on any atom is -0.463 e. The Kier molecular flexibility index (Phi) is 7.02. The van der Waals surface area contributed by atoms with E-state index < -0.39 is 39.1 Å². The van der Waals surface area contributed by atoms with Gasteiger partial charge >= 0.3 is 18.3 Å². The van der Waals surface area contributed by atoms with Gasteiger partial charge in [-0.15, -0.1) is 0 Å². The summed E-state index contributed by atoms with van der Waals surface area (Å²) in [7, 11) is -4.79. The van der Waals surface area contributed by atoms with Crippen LogP contribution in [0, 0.1) is 0 Å². The van der Waals surface area contributed by atoms with Crippen LogP contribution in [0.1, 0.15) is 6.92 Å². The van der Waals surface area contributed by atoms with E-state index in [1.807, 2.05) is 0 Å². The van der Waals surface area contributed by atoms with Crippen LogP contribution in [0.25, 0.3) is 0 Å². The van der Waals surface area contributed by atoms with Crippen molar-refractivity contribution in [2.24, 2.45) is 0 Å². The van der Waals surface area contributed by atoms with Crippen LogP contribution < -0.4 is 0 Å². The van der Waals surface area contributed by atoms with Gasteiger partial charge < -0.3 is 18.7 Å². The largest absolute Gasteiger partial charge is 0.463 e. The summed E-state index contributed by atoms with van der Waals surface area (Å²) in [4.78, 5) is 20.4. The molecule has 0 aliphatic rings. The Morgan fingerprint density at radius 2 is 1.50 bits per heavy atom. The molecule has 0 aromatic heterocycles. The summed E-state index contributed by atoms with van der Waals surface area (Å²) in [5, 5.41) is 0. The van der Waals surface area contributed by atoms with Crippen LogP contribution in [0.15, 0.2) is 0 Å². The van der Waals surface area contributed by atoms with Crippen molar-refractivity contribution in [3.8, 4) is 0 Å². The number of carbonyl (C=O) groups excluding carboxylic acids is 1. The van der Waals surface area contributed by atoms with Crippen molar-refractivity contribution in [2.75, 3.05) is 19.8 Å². The molecule has 0 bridgehead atoms. The molecule has 5 nitrogen and oxygen atoms in total. The van der Waals surface area contributed by atoms with Gasteiger partial charge in [0.15, 0.2) is 13.2 Å². The van der Waals surface area contributed by atoms with Crippen LogP contribution in [-0.2, 0) is 18.6 Å². The zero-order valence-electron chi connectivity index (χ0n) is 9.99. The van der Waals surface area contributed by atoms with Crippen molar-refractivity contribution < 1.29 is 49.8 Å². The molecule has 0 fully saturated rings. The molecule has 120 valence electrons. The van der Waals surface area contributed by atoms with E-state index in [0.29, 0.717) is 0 Å². The average Bonchev–Trinajstić information content (AvgIpc) is 2.22. The Balaban J connectivity index is 4.97. The van der Waals surface area contributed by atoms with Gasteiger partial charge in [-0.25, -0.2) is 4.79 Å². The topological polar surface area (TPSA) is 65.0 Å². The number of ether oxygens (including phenoxy) is 1. The quantitative estimate of drug-likeness (QED) is 0.459. The number of alkyl halides is 6. The fourth-order valence-corrected chi connectivity index (χ4v) is 1.98. The summed E-state index contributed by atoms with van der Waals surface area (Å²) in [6, 6.07) is 0. The van der Waals surface area contributed by atoms with Crippen LogP contribution in [0.5, 0.6) is 0 Å². The lowest BCUT2D eigenvalue weighted by atomic mass is 10.7. The monoisotopic (exact) mass is 332 g/mol. The molecule has 0 saturated carbocycles. The van der Waals surface area contributed by atoms with Gasteiger partial charge in [-0.2, -0.15) is 26.3 Å². The second-order valence-corrected chi connectivity index (χ2v) is 5.13. The SMILES string of the molecule is CCOC(=O)C=P(O)(OCC(F)(F)F)OCC(F)(F)F. The van der Waals surface area contributed by atoms with Gasteiger partial charge in [-0.1, -0.05) is 0 Å². The Bertz CT molecular complexity index is 355. The highest BCUT2D eigenvalue weighted by Crippen LogP contribution is 2.47. The molecular weight excluding hydrogens is 321 g/mol. The predicted molar refractivity (Wildman–Crippen MR) is 55.8 cm³/mol. The number of esters is 1. The summed E-state index contributed by atoms with van der Waals surface area (Å²) in [6.45, 7) is -3.01. The predicted octanol–water partition coefficient (Wildman–Crippen LogP) is 2.26. The molecule has 0 aromatic carbocycles. The zero-order valence-corrected chi connectivity index (χ0v) is 10.9. The summed E-state index contributed by atoms with van der Waals surface area (Å²) in [6.07, 6.45) is -9.84. The molecule has 12 heteroatoms. The van der Waals surface area contributed by atoms with Crippen LogP contribution in [-0.4, -0.2) is 48.8 Å². The van der Waals surface area contributed by atoms with Crippen molar-refractivity contribution >= 4 is 19.3 Å². The number of hydrogen-bond acceptors (Lipinski definition) is 5. The molecule has 0 heterocycles. The maximum Gasteiger partial charge on any atom is 0.412 e. The van der Waals surface area contributed by atoms with E-state index in [4.69, 9.17) is 0 Å². The summed E-state index contributed by atoms with van der Waals surface area (Å²) < 4.78 is 83.5. The molecule has 0 aliphatic heterocycles. The molecule has 0 aliphatic carbocycles. The third-order valence-corrected chi connectivity index (χ3v) is 2.92. The van der Waals surface area contributed by atoms with Crippen molar-refractivity contribution in [1.82, 2.24) is 0 Å². The lowest BCUT2D eigenvalue weighted by Crippen LogP contribution is -2.21. The molecule has 0 aromatic rings. The highest BCUT2D eigenvalue weighted by Gasteiger charge is 2.35. The first-order chi connectivity index (χ1) is 8.87. The lowest BCUT2D eigenvalue weighted by molar-refractivity contribution is -0.166. The third-order valence-electron chi connectivity index (χ3n) is 1.38. The second kappa shape index (κ2) is 7.30. The maximum absolute atomic E-state index is 11.9. The van der Waals surface area contributed by atoms with E-state index in [1.54, 1.807) is 0 Å². The molecule has 0 amide bonds. The number of carbonyl (C=O) groups is 1. The highest BCUT2D eigenvalue weighted by atomic mass is 31.2. The first-order valence-corrected chi connectivity index (χ1v) is 6.58. The van der Waals surface area contributed by atoms with E-state index in [1.165, 1.54) is 6.92 Å². The van der Waals surface area contributed by atoms with E-state index in [2.05, 4.69) is 13.8 Å². The van der Waals surface area contributed by atoms with Gasteiger partial charge in [0.05, 0.1) is 12.4 Å². The molecule has 0 unspecified atom stereocenters. The van der Waals surface area contributed by atoms with Gasteiger partial charge in [0.1, 0.15) is 0 Å². The normalized spacial score (nSPS) is 13.2. The van der Waals surface area contributed by atoms with E-state index in [9.17, 15) is 36.0 Å². The standard InChI is InChI=1S/C8H11F6O5P/c1-2-17-6(15)3-20(16,18-4-7(9,10)11)19-5-8(12,13)14/h3,16H,2,4-5H2,1H3. The molecule has 1 N–H and O–H groups in total. The molecule has 0 saturated heterocycles. The molecular formula is C8H11F6O5P. The summed E-state index contributed by atoms with van der Waals surface area (Å²) >= 11 is 0. The minimum absolute atomic E-state index is 0.0357. The Labute approximate surface area is 109 Å². The van der Waals surface area contributed by atoms with Gasteiger partial charge in [-0.3, -0.25) is 0 Å². The van der Waals surface area contributed by atoms with E-state index in [-0.39, 0.29) is 12.4 Å². The number of halogens is 6. The highest BCUT2D eigenvalue weighted by molar-refractivity contribution is 7.61. The molecule has 0 spiro atoms. The first-order valence-electron chi connectivity index (χ1n) is 4.93. The van der Waals surface area contributed by atoms with Crippen LogP contribution in [0.4, 0.5) is 26.3 Å². The fourth-order valence-electron chi connectivity index (χ4n) is 0.756. The molecule has 0 atom stereocenters. The number of rotatable bonds is 6. The fraction of sp³-hybridized carbons (Fsp3) is 0.750. The summed E-state index contributed by atoms with van der Waals surface area (Å²) in [5.74, 6) is -1.32. The van der Waals surface area contributed by atoms with Crippen molar-refractivity contribution in [2.45, 2.75) is 19.3 Å². The minimum atomic E-state index is -4.92. The molecule has 0 rings (SSSR count).